The van der Waals surface area contributed by atoms with Crippen molar-refractivity contribution < 1.29 is 24.0 Å². The van der Waals surface area contributed by atoms with Gasteiger partial charge >= 0.3 is 0 Å². The van der Waals surface area contributed by atoms with Gasteiger partial charge in [0.05, 0.1) is 18.6 Å². The van der Waals surface area contributed by atoms with Gasteiger partial charge < -0.3 is 14.4 Å². The number of nitro benzene ring substituents is 1. The van der Waals surface area contributed by atoms with Crippen LogP contribution in [0.4, 0.5) is 11.4 Å². The van der Waals surface area contributed by atoms with Gasteiger partial charge in [-0.3, -0.25) is 30.6 Å². The van der Waals surface area contributed by atoms with Gasteiger partial charge in [-0.2, -0.15) is 0 Å². The maximum Gasteiger partial charge on any atom is 0.293 e. The summed E-state index contributed by atoms with van der Waals surface area (Å²) in [7, 11) is 4.79. The number of hydrogen-bond acceptors (Lipinski definition) is 7. The van der Waals surface area contributed by atoms with E-state index in [1.807, 2.05) is 0 Å². The van der Waals surface area contributed by atoms with Crippen molar-refractivity contribution in [2.45, 2.75) is 19.8 Å². The maximum atomic E-state index is 12.4. The van der Waals surface area contributed by atoms with Crippen molar-refractivity contribution in [2.24, 2.45) is 0 Å². The van der Waals surface area contributed by atoms with Crippen molar-refractivity contribution in [3.05, 3.63) is 57.6 Å². The summed E-state index contributed by atoms with van der Waals surface area (Å²) in [5.41, 5.74) is 4.98. The largest absolute Gasteiger partial charge is 0.493 e. The molecular weight excluding hydrogens is 404 g/mol. The number of methoxy groups -OCH3 is 1. The maximum absolute atomic E-state index is 12.4. The zero-order valence-corrected chi connectivity index (χ0v) is 17.9. The Morgan fingerprint density at radius 2 is 1.65 bits per heavy atom. The van der Waals surface area contributed by atoms with Crippen LogP contribution in [0.5, 0.6) is 11.5 Å². The Balaban J connectivity index is 2.07. The van der Waals surface area contributed by atoms with E-state index in [0.29, 0.717) is 23.8 Å². The summed E-state index contributed by atoms with van der Waals surface area (Å²) < 4.78 is 10.9. The third-order valence-corrected chi connectivity index (χ3v) is 4.39. The van der Waals surface area contributed by atoms with Crippen LogP contribution in [0.1, 0.15) is 40.5 Å². The number of hydrazine groups is 1. The van der Waals surface area contributed by atoms with Gasteiger partial charge in [-0.15, -0.1) is 0 Å². The van der Waals surface area contributed by atoms with Crippen molar-refractivity contribution in [2.75, 3.05) is 32.7 Å². The van der Waals surface area contributed by atoms with E-state index in [-0.39, 0.29) is 16.8 Å². The van der Waals surface area contributed by atoms with Gasteiger partial charge in [0, 0.05) is 31.3 Å². The first-order valence-electron chi connectivity index (χ1n) is 9.65. The molecule has 0 saturated carbocycles. The molecule has 0 aliphatic carbocycles. The fourth-order valence-electron chi connectivity index (χ4n) is 2.70. The molecule has 10 heteroatoms. The number of amides is 2. The molecule has 2 aromatic carbocycles. The second-order valence-electron chi connectivity index (χ2n) is 6.83. The molecule has 0 saturated heterocycles. The number of carbonyl (C=O) groups is 2. The Labute approximate surface area is 180 Å². The number of nitrogens with zero attached hydrogens (tertiary/aromatic N) is 2. The normalized spacial score (nSPS) is 10.2. The van der Waals surface area contributed by atoms with Crippen molar-refractivity contribution in [1.29, 1.82) is 0 Å². The zero-order valence-electron chi connectivity index (χ0n) is 17.9. The second kappa shape index (κ2) is 10.8. The highest BCUT2D eigenvalue weighted by Crippen LogP contribution is 2.29. The van der Waals surface area contributed by atoms with Crippen LogP contribution in [0.2, 0.25) is 0 Å². The number of rotatable bonds is 9. The average molecular weight is 430 g/mol. The fraction of sp³-hybridized carbons (Fsp3) is 0.333. The first-order chi connectivity index (χ1) is 14.8. The monoisotopic (exact) mass is 430 g/mol. The van der Waals surface area contributed by atoms with Crippen LogP contribution in [0.3, 0.4) is 0 Å². The number of benzene rings is 2. The molecule has 0 radical (unpaired) electrons. The number of nitro groups is 1. The number of anilines is 1. The first kappa shape index (κ1) is 23.5. The van der Waals surface area contributed by atoms with Crippen LogP contribution in [0.15, 0.2) is 36.4 Å². The predicted molar refractivity (Wildman–Crippen MR) is 116 cm³/mol. The summed E-state index contributed by atoms with van der Waals surface area (Å²) in [4.78, 5) is 37.0. The van der Waals surface area contributed by atoms with Crippen LogP contribution in [0, 0.1) is 10.1 Å². The van der Waals surface area contributed by atoms with E-state index in [0.717, 1.165) is 18.9 Å². The topological polar surface area (TPSA) is 123 Å². The summed E-state index contributed by atoms with van der Waals surface area (Å²) in [6, 6.07) is 8.73. The van der Waals surface area contributed by atoms with Crippen molar-refractivity contribution in [1.82, 2.24) is 10.9 Å². The number of hydrogen-bond donors (Lipinski definition) is 2. The van der Waals surface area contributed by atoms with E-state index >= 15 is 0 Å². The van der Waals surface area contributed by atoms with Crippen LogP contribution in [-0.4, -0.2) is 44.5 Å². The molecule has 2 amide bonds. The van der Waals surface area contributed by atoms with E-state index in [1.54, 1.807) is 31.1 Å². The highest BCUT2D eigenvalue weighted by Gasteiger charge is 2.19. The Morgan fingerprint density at radius 3 is 2.19 bits per heavy atom. The summed E-state index contributed by atoms with van der Waals surface area (Å²) in [5, 5.41) is 11.3. The third kappa shape index (κ3) is 6.08. The van der Waals surface area contributed by atoms with Crippen LogP contribution < -0.4 is 25.2 Å². The molecule has 2 rings (SSSR count). The van der Waals surface area contributed by atoms with Gasteiger partial charge in [-0.05, 0) is 36.8 Å². The summed E-state index contributed by atoms with van der Waals surface area (Å²) in [5.74, 6) is -0.353. The molecule has 0 aliphatic heterocycles. The van der Waals surface area contributed by atoms with Crippen molar-refractivity contribution >= 4 is 23.2 Å². The zero-order chi connectivity index (χ0) is 23.0. The molecule has 0 spiro atoms. The lowest BCUT2D eigenvalue weighted by Gasteiger charge is -2.14. The summed E-state index contributed by atoms with van der Waals surface area (Å²) >= 11 is 0. The van der Waals surface area contributed by atoms with Gasteiger partial charge in [0.25, 0.3) is 17.5 Å². The standard InChI is InChI=1S/C21H26N4O6/c1-5-6-11-31-18-10-8-15(13-19(18)30-4)21(27)23-22-20(26)14-7-9-16(24(2)3)17(12-14)25(28)29/h7-10,12-13H,5-6,11H2,1-4H3,(H,22,26)(H,23,27). The molecule has 10 nitrogen and oxygen atoms in total. The van der Waals surface area contributed by atoms with Gasteiger partial charge in [-0.1, -0.05) is 13.3 Å². The molecule has 0 unspecified atom stereocenters. The van der Waals surface area contributed by atoms with Crippen molar-refractivity contribution in [3.8, 4) is 11.5 Å². The van der Waals surface area contributed by atoms with Crippen LogP contribution in [-0.2, 0) is 0 Å². The number of nitrogens with one attached hydrogen (secondary N) is 2. The molecule has 166 valence electrons. The minimum absolute atomic E-state index is 0.0369. The van der Waals surface area contributed by atoms with Gasteiger partial charge in [0.2, 0.25) is 0 Å². The first-order valence-corrected chi connectivity index (χ1v) is 9.65. The Bertz CT molecular complexity index is 961. The highest BCUT2D eigenvalue weighted by atomic mass is 16.6. The SMILES string of the molecule is CCCCOc1ccc(C(=O)NNC(=O)c2ccc(N(C)C)c([N+](=O)[O-])c2)cc1OC. The van der Waals surface area contributed by atoms with E-state index in [4.69, 9.17) is 9.47 Å². The lowest BCUT2D eigenvalue weighted by atomic mass is 10.1. The average Bonchev–Trinajstić information content (AvgIpc) is 2.76. The third-order valence-electron chi connectivity index (χ3n) is 4.39. The van der Waals surface area contributed by atoms with Gasteiger partial charge in [0.1, 0.15) is 5.69 Å². The van der Waals surface area contributed by atoms with Crippen LogP contribution >= 0.6 is 0 Å². The van der Waals surface area contributed by atoms with E-state index in [2.05, 4.69) is 17.8 Å². The lowest BCUT2D eigenvalue weighted by Crippen LogP contribution is -2.41. The molecule has 2 N–H and O–H groups in total. The fourth-order valence-corrected chi connectivity index (χ4v) is 2.70. The van der Waals surface area contributed by atoms with Gasteiger partial charge in [0.15, 0.2) is 11.5 Å². The second-order valence-corrected chi connectivity index (χ2v) is 6.83. The van der Waals surface area contributed by atoms with E-state index < -0.39 is 16.7 Å². The minimum atomic E-state index is -0.687. The minimum Gasteiger partial charge on any atom is -0.493 e. The molecule has 31 heavy (non-hydrogen) atoms. The molecule has 0 bridgehead atoms. The Kier molecular flexibility index (Phi) is 8.18. The van der Waals surface area contributed by atoms with E-state index in [1.165, 1.54) is 25.3 Å². The van der Waals surface area contributed by atoms with Crippen LogP contribution in [0.25, 0.3) is 0 Å². The molecule has 2 aromatic rings. The number of unbranched alkanes of at least 4 members (excludes halogenated alkanes) is 1. The summed E-state index contributed by atoms with van der Waals surface area (Å²) in [6.07, 6.45) is 1.88. The highest BCUT2D eigenvalue weighted by molar-refractivity contribution is 6.00. The van der Waals surface area contributed by atoms with E-state index in [9.17, 15) is 19.7 Å². The quantitative estimate of drug-likeness (QED) is 0.356. The number of carbonyl (C=O) groups excluding carboxylic acids is 2. The summed E-state index contributed by atoms with van der Waals surface area (Å²) in [6.45, 7) is 2.59. The smallest absolute Gasteiger partial charge is 0.293 e. The molecule has 0 fully saturated rings. The van der Waals surface area contributed by atoms with Gasteiger partial charge in [-0.25, -0.2) is 0 Å². The molecule has 0 aliphatic rings. The lowest BCUT2D eigenvalue weighted by molar-refractivity contribution is -0.384. The Hall–Kier alpha value is -3.82. The number of ether oxygens (including phenoxy) is 2. The molecule has 0 aromatic heterocycles. The molecular formula is C21H26N4O6. The Morgan fingerprint density at radius 1 is 1.03 bits per heavy atom. The predicted octanol–water partition coefficient (Wildman–Crippen LogP) is 2.92. The van der Waals surface area contributed by atoms with Crippen molar-refractivity contribution in [3.63, 3.8) is 0 Å². The molecule has 0 heterocycles. The molecule has 0 atom stereocenters.